The number of carboxylic acids is 3. The quantitative estimate of drug-likeness (QED) is 0.135. The first-order valence-electron chi connectivity index (χ1n) is 11.3. The van der Waals surface area contributed by atoms with E-state index in [0.717, 1.165) is 0 Å². The van der Waals surface area contributed by atoms with Crippen LogP contribution in [-0.4, -0.2) is 80.2 Å². The van der Waals surface area contributed by atoms with Gasteiger partial charge in [0.25, 0.3) is 0 Å². The van der Waals surface area contributed by atoms with Gasteiger partial charge in [0.2, 0.25) is 17.7 Å². The van der Waals surface area contributed by atoms with Gasteiger partial charge >= 0.3 is 17.9 Å². The zero-order valence-corrected chi connectivity index (χ0v) is 20.3. The highest BCUT2D eigenvalue weighted by atomic mass is 16.4. The molecule has 3 amide bonds. The normalized spacial score (nSPS) is 14.1. The topological polar surface area (TPSA) is 245 Å². The summed E-state index contributed by atoms with van der Waals surface area (Å²) in [6.45, 7) is 3.47. The number of hydrogen-bond acceptors (Lipinski definition) is 8. The predicted octanol–water partition coefficient (Wildman–Crippen LogP) is -1.20. The average molecular weight is 525 g/mol. The fourth-order valence-corrected chi connectivity index (χ4v) is 3.26. The second-order valence-corrected chi connectivity index (χ2v) is 8.82. The number of phenols is 1. The van der Waals surface area contributed by atoms with Crippen molar-refractivity contribution in [3.05, 3.63) is 29.8 Å². The molecule has 0 spiro atoms. The Morgan fingerprint density at radius 3 is 1.73 bits per heavy atom. The van der Waals surface area contributed by atoms with Crippen LogP contribution in [0.5, 0.6) is 5.75 Å². The first-order valence-corrected chi connectivity index (χ1v) is 11.3. The number of benzene rings is 1. The molecule has 0 aliphatic rings. The number of carbonyl (C=O) groups excluding carboxylic acids is 3. The Morgan fingerprint density at radius 1 is 0.757 bits per heavy atom. The molecule has 14 heteroatoms. The van der Waals surface area contributed by atoms with Crippen LogP contribution in [0.3, 0.4) is 0 Å². The fourth-order valence-electron chi connectivity index (χ4n) is 3.26. The summed E-state index contributed by atoms with van der Waals surface area (Å²) in [7, 11) is 0. The van der Waals surface area contributed by atoms with Gasteiger partial charge < -0.3 is 42.1 Å². The van der Waals surface area contributed by atoms with Crippen LogP contribution in [0.1, 0.15) is 38.7 Å². The van der Waals surface area contributed by atoms with Crippen LogP contribution in [0.15, 0.2) is 24.3 Å². The molecular weight excluding hydrogens is 492 g/mol. The summed E-state index contributed by atoms with van der Waals surface area (Å²) in [6, 6.07) is -0.207. The first kappa shape index (κ1) is 30.8. The maximum atomic E-state index is 13.0. The molecule has 0 fully saturated rings. The lowest BCUT2D eigenvalue weighted by Crippen LogP contribution is -2.58. The Bertz CT molecular complexity index is 996. The van der Waals surface area contributed by atoms with E-state index in [1.807, 2.05) is 0 Å². The van der Waals surface area contributed by atoms with Crippen molar-refractivity contribution >= 4 is 35.6 Å². The minimum absolute atomic E-state index is 0.0220. The summed E-state index contributed by atoms with van der Waals surface area (Å²) in [5.74, 6) is -7.35. The summed E-state index contributed by atoms with van der Waals surface area (Å²) in [5, 5.41) is 43.6. The molecule has 9 N–H and O–H groups in total. The molecule has 1 aromatic carbocycles. The van der Waals surface area contributed by atoms with E-state index in [0.29, 0.717) is 5.56 Å². The summed E-state index contributed by atoms with van der Waals surface area (Å²) >= 11 is 0. The third-order valence-corrected chi connectivity index (χ3v) is 5.07. The van der Waals surface area contributed by atoms with Gasteiger partial charge in [0.05, 0.1) is 18.9 Å². The molecule has 0 aliphatic carbocycles. The monoisotopic (exact) mass is 524 g/mol. The molecule has 0 bridgehead atoms. The molecule has 0 saturated heterocycles. The van der Waals surface area contributed by atoms with Crippen molar-refractivity contribution < 1.29 is 49.2 Å². The molecule has 37 heavy (non-hydrogen) atoms. The Labute approximate surface area is 212 Å². The highest BCUT2D eigenvalue weighted by molar-refractivity contribution is 5.96. The number of nitrogens with two attached hydrogens (primary N) is 1. The third kappa shape index (κ3) is 11.4. The molecule has 204 valence electrons. The third-order valence-electron chi connectivity index (χ3n) is 5.07. The van der Waals surface area contributed by atoms with Gasteiger partial charge in [-0.25, -0.2) is 4.79 Å². The zero-order chi connectivity index (χ0) is 28.3. The van der Waals surface area contributed by atoms with Crippen molar-refractivity contribution in [3.8, 4) is 5.75 Å². The largest absolute Gasteiger partial charge is 0.508 e. The molecule has 0 aromatic heterocycles. The predicted molar refractivity (Wildman–Crippen MR) is 127 cm³/mol. The van der Waals surface area contributed by atoms with Crippen LogP contribution in [0.4, 0.5) is 0 Å². The minimum atomic E-state index is -1.68. The number of nitrogens with one attached hydrogen (secondary N) is 3. The molecule has 0 heterocycles. The SMILES string of the molecule is CC(C)CC(NC(=O)C(CC(=O)O)NC(=O)C(N)CC(=O)O)C(=O)NC(Cc1ccc(O)cc1)C(=O)O. The number of rotatable bonds is 15. The summed E-state index contributed by atoms with van der Waals surface area (Å²) in [4.78, 5) is 71.7. The summed E-state index contributed by atoms with van der Waals surface area (Å²) < 4.78 is 0. The second-order valence-electron chi connectivity index (χ2n) is 8.82. The van der Waals surface area contributed by atoms with E-state index in [1.165, 1.54) is 24.3 Å². The van der Waals surface area contributed by atoms with Crippen molar-refractivity contribution in [2.45, 2.75) is 63.7 Å². The van der Waals surface area contributed by atoms with Gasteiger partial charge in [0, 0.05) is 6.42 Å². The molecular formula is C23H32N4O10. The lowest BCUT2D eigenvalue weighted by atomic mass is 10.0. The molecule has 14 nitrogen and oxygen atoms in total. The summed E-state index contributed by atoms with van der Waals surface area (Å²) in [5.41, 5.74) is 5.97. The fraction of sp³-hybridized carbons (Fsp3) is 0.478. The van der Waals surface area contributed by atoms with Gasteiger partial charge in [-0.2, -0.15) is 0 Å². The number of carbonyl (C=O) groups is 6. The molecule has 1 rings (SSSR count). The van der Waals surface area contributed by atoms with Crippen LogP contribution in [0.25, 0.3) is 0 Å². The lowest BCUT2D eigenvalue weighted by Gasteiger charge is -2.25. The van der Waals surface area contributed by atoms with E-state index >= 15 is 0 Å². The smallest absolute Gasteiger partial charge is 0.326 e. The van der Waals surface area contributed by atoms with Gasteiger partial charge in [-0.15, -0.1) is 0 Å². The van der Waals surface area contributed by atoms with Crippen LogP contribution < -0.4 is 21.7 Å². The van der Waals surface area contributed by atoms with Gasteiger partial charge in [0.1, 0.15) is 23.9 Å². The molecule has 1 aromatic rings. The van der Waals surface area contributed by atoms with Crippen molar-refractivity contribution in [1.29, 1.82) is 0 Å². The van der Waals surface area contributed by atoms with Crippen LogP contribution in [0, 0.1) is 5.92 Å². The van der Waals surface area contributed by atoms with E-state index in [-0.39, 0.29) is 24.5 Å². The first-order chi connectivity index (χ1) is 17.2. The van der Waals surface area contributed by atoms with E-state index in [1.54, 1.807) is 13.8 Å². The van der Waals surface area contributed by atoms with Crippen LogP contribution in [0.2, 0.25) is 0 Å². The van der Waals surface area contributed by atoms with Crippen molar-refractivity contribution in [2.75, 3.05) is 0 Å². The van der Waals surface area contributed by atoms with E-state index in [9.17, 15) is 39.0 Å². The second kappa shape index (κ2) is 14.4. The Morgan fingerprint density at radius 2 is 1.24 bits per heavy atom. The molecule has 0 aliphatic heterocycles. The standard InChI is InChI=1S/C23H32N4O10/c1-11(2)7-15(21(34)27-17(23(36)37)8-12-3-5-13(28)6-4-12)26-22(35)16(10-19(31)32)25-20(33)14(24)9-18(29)30/h3-6,11,14-17,28H,7-10,24H2,1-2H3,(H,25,33)(H,26,35)(H,27,34)(H,29,30)(H,31,32)(H,36,37). The van der Waals surface area contributed by atoms with Gasteiger partial charge in [-0.3, -0.25) is 24.0 Å². The Balaban J connectivity index is 3.03. The summed E-state index contributed by atoms with van der Waals surface area (Å²) in [6.07, 6.45) is -1.71. The maximum absolute atomic E-state index is 13.0. The van der Waals surface area contributed by atoms with Crippen molar-refractivity contribution in [3.63, 3.8) is 0 Å². The maximum Gasteiger partial charge on any atom is 0.326 e. The molecule has 0 radical (unpaired) electrons. The number of amides is 3. The minimum Gasteiger partial charge on any atom is -0.508 e. The van der Waals surface area contributed by atoms with E-state index in [2.05, 4.69) is 16.0 Å². The number of phenolic OH excluding ortho intramolecular Hbond substituents is 1. The van der Waals surface area contributed by atoms with Gasteiger partial charge in [0.15, 0.2) is 0 Å². The Kier molecular flexibility index (Phi) is 12.0. The number of carboxylic acid groups (broad SMARTS) is 3. The number of aliphatic carboxylic acids is 3. The molecule has 0 saturated carbocycles. The number of hydrogen-bond donors (Lipinski definition) is 8. The van der Waals surface area contributed by atoms with Gasteiger partial charge in [-0.1, -0.05) is 26.0 Å². The average Bonchev–Trinajstić information content (AvgIpc) is 2.77. The van der Waals surface area contributed by atoms with Crippen molar-refractivity contribution in [2.24, 2.45) is 11.7 Å². The number of aromatic hydroxyl groups is 1. The lowest BCUT2D eigenvalue weighted by molar-refractivity contribution is -0.143. The van der Waals surface area contributed by atoms with E-state index in [4.69, 9.17) is 15.9 Å². The zero-order valence-electron chi connectivity index (χ0n) is 20.3. The van der Waals surface area contributed by atoms with Crippen LogP contribution in [-0.2, 0) is 35.2 Å². The molecule has 4 unspecified atom stereocenters. The highest BCUT2D eigenvalue weighted by Gasteiger charge is 2.32. The highest BCUT2D eigenvalue weighted by Crippen LogP contribution is 2.12. The molecule has 4 atom stereocenters. The van der Waals surface area contributed by atoms with Crippen molar-refractivity contribution in [1.82, 2.24) is 16.0 Å². The van der Waals surface area contributed by atoms with E-state index < -0.39 is 72.6 Å². The van der Waals surface area contributed by atoms with Crippen LogP contribution >= 0.6 is 0 Å². The van der Waals surface area contributed by atoms with Gasteiger partial charge in [-0.05, 0) is 30.0 Å². The Hall–Kier alpha value is -4.20.